The molecular weight excluding hydrogens is 468 g/mol. The van der Waals surface area contributed by atoms with E-state index >= 15 is 0 Å². The van der Waals surface area contributed by atoms with Crippen LogP contribution in [0.4, 0.5) is 5.13 Å². The molecule has 3 rings (SSSR count). The number of aryl methyl sites for hydroxylation is 1. The number of anilines is 1. The van der Waals surface area contributed by atoms with Crippen molar-refractivity contribution in [2.75, 3.05) is 11.9 Å². The van der Waals surface area contributed by atoms with Crippen LogP contribution in [0.1, 0.15) is 31.3 Å². The number of nitrogens with one attached hydrogen (secondary N) is 3. The number of benzene rings is 1. The van der Waals surface area contributed by atoms with Gasteiger partial charge in [-0.3, -0.25) is 14.4 Å². The van der Waals surface area contributed by atoms with Crippen LogP contribution in [0.25, 0.3) is 0 Å². The van der Waals surface area contributed by atoms with Crippen molar-refractivity contribution in [1.29, 1.82) is 0 Å². The number of carbonyl (C=O) groups is 4. The Morgan fingerprint density at radius 2 is 1.94 bits per heavy atom. The smallest absolute Gasteiger partial charge is 0.328 e. The van der Waals surface area contributed by atoms with E-state index in [2.05, 4.69) is 20.9 Å². The lowest BCUT2D eigenvalue weighted by atomic mass is 10.1. The lowest BCUT2D eigenvalue weighted by Gasteiger charge is -2.14. The Kier molecular flexibility index (Phi) is 7.74. The fourth-order valence-corrected chi connectivity index (χ4v) is 4.31. The minimum Gasteiger partial charge on any atom is -0.508 e. The minimum atomic E-state index is -1.36. The number of phenols is 1. The van der Waals surface area contributed by atoms with Gasteiger partial charge < -0.3 is 26.2 Å². The molecule has 0 bridgehead atoms. The Morgan fingerprint density at radius 1 is 1.15 bits per heavy atom. The van der Waals surface area contributed by atoms with Crippen molar-refractivity contribution in [3.8, 4) is 5.75 Å². The first-order valence-corrected chi connectivity index (χ1v) is 11.4. The number of thiazole rings is 1. The number of carbonyl (C=O) groups excluding carboxylic acids is 3. The van der Waals surface area contributed by atoms with E-state index in [0.717, 1.165) is 11.3 Å². The van der Waals surface area contributed by atoms with Crippen molar-refractivity contribution in [2.45, 2.75) is 19.4 Å². The molecule has 2 heterocycles. The Balaban J connectivity index is 1.60. The summed E-state index contributed by atoms with van der Waals surface area (Å²) < 4.78 is 0. The number of carboxylic acids is 1. The summed E-state index contributed by atoms with van der Waals surface area (Å²) in [5.74, 6) is -2.78. The topological polar surface area (TPSA) is 158 Å². The zero-order valence-electron chi connectivity index (χ0n) is 17.3. The van der Waals surface area contributed by atoms with Crippen LogP contribution in [-0.2, 0) is 16.0 Å². The maximum Gasteiger partial charge on any atom is 0.328 e. The SMILES string of the molecule is Cc1nc(NC(=O)Cc2cccc(O)c2)sc1C(=O)N[C@@H](CNC(=O)c1ccsc1)C(=O)O. The third-order valence-electron chi connectivity index (χ3n) is 4.38. The van der Waals surface area contributed by atoms with E-state index < -0.39 is 23.8 Å². The van der Waals surface area contributed by atoms with Gasteiger partial charge in [-0.25, -0.2) is 9.78 Å². The molecule has 3 aromatic rings. The molecule has 1 atom stereocenters. The highest BCUT2D eigenvalue weighted by atomic mass is 32.1. The second-order valence-electron chi connectivity index (χ2n) is 6.91. The molecule has 1 aromatic carbocycles. The maximum absolute atomic E-state index is 12.6. The number of rotatable bonds is 9. The van der Waals surface area contributed by atoms with E-state index in [1.54, 1.807) is 35.9 Å². The van der Waals surface area contributed by atoms with Crippen molar-refractivity contribution >= 4 is 51.5 Å². The van der Waals surface area contributed by atoms with Crippen LogP contribution in [0.5, 0.6) is 5.75 Å². The van der Waals surface area contributed by atoms with E-state index in [0.29, 0.717) is 16.8 Å². The first-order valence-electron chi connectivity index (χ1n) is 9.62. The van der Waals surface area contributed by atoms with Gasteiger partial charge in [0.1, 0.15) is 16.7 Å². The zero-order chi connectivity index (χ0) is 24.0. The molecule has 3 amide bonds. The molecule has 0 aliphatic carbocycles. The minimum absolute atomic E-state index is 0.000522. The molecule has 0 fully saturated rings. The normalized spacial score (nSPS) is 11.4. The summed E-state index contributed by atoms with van der Waals surface area (Å²) in [6.45, 7) is 1.26. The van der Waals surface area contributed by atoms with Gasteiger partial charge in [0.05, 0.1) is 12.1 Å². The van der Waals surface area contributed by atoms with Crippen LogP contribution in [0.15, 0.2) is 41.1 Å². The Morgan fingerprint density at radius 3 is 2.61 bits per heavy atom. The van der Waals surface area contributed by atoms with Crippen LogP contribution in [0.2, 0.25) is 0 Å². The van der Waals surface area contributed by atoms with Crippen LogP contribution in [-0.4, -0.2) is 51.5 Å². The van der Waals surface area contributed by atoms with Gasteiger partial charge in [0, 0.05) is 17.5 Å². The largest absolute Gasteiger partial charge is 0.508 e. The molecule has 5 N–H and O–H groups in total. The van der Waals surface area contributed by atoms with Gasteiger partial charge in [0.25, 0.3) is 11.8 Å². The molecule has 12 heteroatoms. The number of hydrogen-bond donors (Lipinski definition) is 5. The molecule has 2 aromatic heterocycles. The fourth-order valence-electron chi connectivity index (χ4n) is 2.79. The summed E-state index contributed by atoms with van der Waals surface area (Å²) >= 11 is 2.23. The summed E-state index contributed by atoms with van der Waals surface area (Å²) in [6.07, 6.45) is -0.000522. The van der Waals surface area contributed by atoms with Crippen molar-refractivity contribution in [1.82, 2.24) is 15.6 Å². The second-order valence-corrected chi connectivity index (χ2v) is 8.69. The number of hydrogen-bond acceptors (Lipinski definition) is 8. The van der Waals surface area contributed by atoms with Crippen LogP contribution in [0, 0.1) is 6.92 Å². The highest BCUT2D eigenvalue weighted by Crippen LogP contribution is 2.23. The van der Waals surface area contributed by atoms with E-state index in [1.807, 2.05) is 0 Å². The first-order chi connectivity index (χ1) is 15.7. The summed E-state index contributed by atoms with van der Waals surface area (Å²) in [4.78, 5) is 52.7. The van der Waals surface area contributed by atoms with Crippen molar-refractivity contribution in [2.24, 2.45) is 0 Å². The molecule has 0 saturated heterocycles. The molecule has 172 valence electrons. The van der Waals surface area contributed by atoms with E-state index in [9.17, 15) is 29.4 Å². The summed E-state index contributed by atoms with van der Waals surface area (Å²) in [6, 6.07) is 6.52. The number of aliphatic carboxylic acids is 1. The van der Waals surface area contributed by atoms with Crippen LogP contribution >= 0.6 is 22.7 Å². The monoisotopic (exact) mass is 488 g/mol. The van der Waals surface area contributed by atoms with E-state index in [-0.39, 0.29) is 34.6 Å². The predicted molar refractivity (Wildman–Crippen MR) is 123 cm³/mol. The summed E-state index contributed by atoms with van der Waals surface area (Å²) in [5, 5.41) is 29.9. The number of carboxylic acid groups (broad SMARTS) is 1. The van der Waals surface area contributed by atoms with Gasteiger partial charge in [-0.15, -0.1) is 0 Å². The Bertz CT molecular complexity index is 1180. The molecule has 0 saturated carbocycles. The molecule has 10 nitrogen and oxygen atoms in total. The quantitative estimate of drug-likeness (QED) is 0.308. The van der Waals surface area contributed by atoms with Crippen LogP contribution in [0.3, 0.4) is 0 Å². The van der Waals surface area contributed by atoms with Gasteiger partial charge in [-0.1, -0.05) is 23.5 Å². The number of phenolic OH excluding ortho intramolecular Hbond substituents is 1. The molecule has 33 heavy (non-hydrogen) atoms. The Hall–Kier alpha value is -3.77. The van der Waals surface area contributed by atoms with Crippen LogP contribution < -0.4 is 16.0 Å². The average molecular weight is 489 g/mol. The van der Waals surface area contributed by atoms with Gasteiger partial charge in [-0.2, -0.15) is 11.3 Å². The highest BCUT2D eigenvalue weighted by Gasteiger charge is 2.24. The van der Waals surface area contributed by atoms with Crippen molar-refractivity contribution in [3.63, 3.8) is 0 Å². The standard InChI is InChI=1S/C21H20N4O6S2/c1-11-17(33-21(23-11)25-16(27)8-12-3-2-4-14(26)7-12)19(29)24-15(20(30)31)9-22-18(28)13-5-6-32-10-13/h2-7,10,15,26H,8-9H2,1H3,(H,22,28)(H,24,29)(H,30,31)(H,23,25,27)/t15-/m0/s1. The fraction of sp³-hybridized carbons (Fsp3) is 0.190. The number of thiophene rings is 1. The second kappa shape index (κ2) is 10.7. The van der Waals surface area contributed by atoms with Gasteiger partial charge in [0.15, 0.2) is 5.13 Å². The molecule has 0 aliphatic heterocycles. The molecule has 0 radical (unpaired) electrons. The average Bonchev–Trinajstić information content (AvgIpc) is 3.40. The number of amides is 3. The lowest BCUT2D eigenvalue weighted by Crippen LogP contribution is -2.48. The molecule has 0 spiro atoms. The maximum atomic E-state index is 12.6. The number of aromatic hydroxyl groups is 1. The van der Waals surface area contributed by atoms with Crippen molar-refractivity contribution < 1.29 is 29.4 Å². The van der Waals surface area contributed by atoms with E-state index in [1.165, 1.54) is 23.5 Å². The van der Waals surface area contributed by atoms with Gasteiger partial charge in [-0.05, 0) is 36.1 Å². The van der Waals surface area contributed by atoms with E-state index in [4.69, 9.17) is 0 Å². The summed E-state index contributed by atoms with van der Waals surface area (Å²) in [7, 11) is 0. The third kappa shape index (κ3) is 6.60. The van der Waals surface area contributed by atoms with Crippen molar-refractivity contribution in [3.05, 3.63) is 62.8 Å². The number of aromatic nitrogens is 1. The molecule has 0 aliphatic rings. The summed E-state index contributed by atoms with van der Waals surface area (Å²) in [5.41, 5.74) is 1.32. The van der Waals surface area contributed by atoms with Gasteiger partial charge >= 0.3 is 5.97 Å². The predicted octanol–water partition coefficient (Wildman–Crippen LogP) is 2.01. The number of nitrogens with zero attached hydrogens (tertiary/aromatic N) is 1. The third-order valence-corrected chi connectivity index (χ3v) is 6.13. The van der Waals surface area contributed by atoms with Gasteiger partial charge in [0.2, 0.25) is 5.91 Å². The first kappa shape index (κ1) is 23.9. The lowest BCUT2D eigenvalue weighted by molar-refractivity contribution is -0.139. The molecule has 0 unspecified atom stereocenters. The molecular formula is C21H20N4O6S2. The Labute approximate surface area is 196 Å². The zero-order valence-corrected chi connectivity index (χ0v) is 19.0. The highest BCUT2D eigenvalue weighted by molar-refractivity contribution is 7.17.